The van der Waals surface area contributed by atoms with Crippen molar-refractivity contribution in [1.82, 2.24) is 4.90 Å². The van der Waals surface area contributed by atoms with Crippen LogP contribution in [0.25, 0.3) is 0 Å². The number of ketones is 1. The molecule has 1 aromatic heterocycles. The molecule has 2 heterocycles. The van der Waals surface area contributed by atoms with Gasteiger partial charge in [0.1, 0.15) is 11.5 Å². The Hall–Kier alpha value is -1.09. The van der Waals surface area contributed by atoms with Crippen LogP contribution in [-0.4, -0.2) is 17.7 Å². The third-order valence-electron chi connectivity index (χ3n) is 3.05. The van der Waals surface area contributed by atoms with Crippen LogP contribution in [0.3, 0.4) is 0 Å². The first-order valence-electron chi connectivity index (χ1n) is 4.57. The topological polar surface area (TPSA) is 33.5 Å². The Morgan fingerprint density at radius 1 is 1.62 bits per heavy atom. The lowest BCUT2D eigenvalue weighted by atomic mass is 9.92. The first-order valence-corrected chi connectivity index (χ1v) is 4.57. The van der Waals surface area contributed by atoms with E-state index in [4.69, 9.17) is 4.42 Å². The van der Waals surface area contributed by atoms with Gasteiger partial charge < -0.3 is 4.42 Å². The molecule has 0 N–H and O–H groups in total. The second kappa shape index (κ2) is 2.23. The van der Waals surface area contributed by atoms with Crippen molar-refractivity contribution in [3.8, 4) is 0 Å². The van der Waals surface area contributed by atoms with E-state index in [2.05, 4.69) is 11.9 Å². The van der Waals surface area contributed by atoms with Crippen molar-refractivity contribution in [2.45, 2.75) is 25.4 Å². The lowest BCUT2D eigenvalue weighted by Gasteiger charge is -2.23. The standard InChI is InChI=1S/C10H11NO2/c1-11-4-6-5-13-9-3-7(12)2-8(11)10(6)9/h5,8H,2-4H2,1H3. The van der Waals surface area contributed by atoms with Gasteiger partial charge in [0.2, 0.25) is 0 Å². The second-order valence-electron chi connectivity index (χ2n) is 3.95. The van der Waals surface area contributed by atoms with E-state index in [-0.39, 0.29) is 0 Å². The lowest BCUT2D eigenvalue weighted by molar-refractivity contribution is -0.120. The summed E-state index contributed by atoms with van der Waals surface area (Å²) in [6.45, 7) is 0.927. The Kier molecular flexibility index (Phi) is 1.26. The van der Waals surface area contributed by atoms with Crippen molar-refractivity contribution in [2.24, 2.45) is 0 Å². The molecule has 0 saturated carbocycles. The number of hydrogen-bond acceptors (Lipinski definition) is 3. The maximum Gasteiger partial charge on any atom is 0.142 e. The van der Waals surface area contributed by atoms with E-state index in [1.807, 2.05) is 0 Å². The van der Waals surface area contributed by atoms with Gasteiger partial charge in [-0.1, -0.05) is 0 Å². The van der Waals surface area contributed by atoms with Gasteiger partial charge in [0, 0.05) is 30.1 Å². The number of Topliss-reactive ketones (excluding diaryl/α,β-unsaturated/α-hetero) is 1. The van der Waals surface area contributed by atoms with Crippen LogP contribution in [0.1, 0.15) is 29.3 Å². The first-order chi connectivity index (χ1) is 6.25. The minimum Gasteiger partial charge on any atom is -0.468 e. The van der Waals surface area contributed by atoms with Crippen LogP contribution in [0.15, 0.2) is 10.7 Å². The molecule has 0 spiro atoms. The molecule has 0 amide bonds. The zero-order valence-electron chi connectivity index (χ0n) is 7.54. The highest BCUT2D eigenvalue weighted by Gasteiger charge is 2.37. The van der Waals surface area contributed by atoms with Crippen LogP contribution < -0.4 is 0 Å². The van der Waals surface area contributed by atoms with E-state index in [0.29, 0.717) is 24.7 Å². The monoisotopic (exact) mass is 177 g/mol. The zero-order valence-corrected chi connectivity index (χ0v) is 7.54. The molecule has 1 aliphatic heterocycles. The summed E-state index contributed by atoms with van der Waals surface area (Å²) in [4.78, 5) is 13.6. The van der Waals surface area contributed by atoms with Gasteiger partial charge in [-0.25, -0.2) is 0 Å². The van der Waals surface area contributed by atoms with Gasteiger partial charge in [-0.15, -0.1) is 0 Å². The largest absolute Gasteiger partial charge is 0.468 e. The molecule has 0 aromatic carbocycles. The van der Waals surface area contributed by atoms with E-state index in [9.17, 15) is 4.79 Å². The molecular weight excluding hydrogens is 166 g/mol. The van der Waals surface area contributed by atoms with Crippen LogP contribution >= 0.6 is 0 Å². The molecule has 3 nitrogen and oxygen atoms in total. The summed E-state index contributed by atoms with van der Waals surface area (Å²) in [6.07, 6.45) is 2.97. The Morgan fingerprint density at radius 3 is 3.31 bits per heavy atom. The smallest absolute Gasteiger partial charge is 0.142 e. The molecule has 1 unspecified atom stereocenters. The summed E-state index contributed by atoms with van der Waals surface area (Å²) >= 11 is 0. The average Bonchev–Trinajstić information content (AvgIpc) is 2.59. The SMILES string of the molecule is CN1Cc2coc3c2C1CC(=O)C3. The van der Waals surface area contributed by atoms with Gasteiger partial charge in [0.25, 0.3) is 0 Å². The van der Waals surface area contributed by atoms with E-state index in [1.165, 1.54) is 11.1 Å². The second-order valence-corrected chi connectivity index (χ2v) is 3.95. The summed E-state index contributed by atoms with van der Waals surface area (Å²) in [5, 5.41) is 0. The quantitative estimate of drug-likeness (QED) is 0.598. The maximum absolute atomic E-state index is 11.4. The van der Waals surface area contributed by atoms with Crippen LogP contribution in [0.5, 0.6) is 0 Å². The third-order valence-corrected chi connectivity index (χ3v) is 3.05. The average molecular weight is 177 g/mol. The van der Waals surface area contributed by atoms with Gasteiger partial charge in [0.15, 0.2) is 0 Å². The number of nitrogens with zero attached hydrogens (tertiary/aromatic N) is 1. The number of carbonyl (C=O) groups is 1. The Bertz CT molecular complexity index is 380. The highest BCUT2D eigenvalue weighted by molar-refractivity contribution is 5.83. The van der Waals surface area contributed by atoms with Crippen molar-refractivity contribution in [3.05, 3.63) is 23.2 Å². The van der Waals surface area contributed by atoms with Gasteiger partial charge in [-0.05, 0) is 7.05 Å². The summed E-state index contributed by atoms with van der Waals surface area (Å²) in [6, 6.07) is 0.296. The highest BCUT2D eigenvalue weighted by atomic mass is 16.3. The van der Waals surface area contributed by atoms with Crippen molar-refractivity contribution in [1.29, 1.82) is 0 Å². The first kappa shape index (κ1) is 7.33. The van der Waals surface area contributed by atoms with Crippen LogP contribution in [0.2, 0.25) is 0 Å². The molecule has 0 radical (unpaired) electrons. The molecule has 2 aliphatic rings. The summed E-state index contributed by atoms with van der Waals surface area (Å²) in [7, 11) is 2.06. The van der Waals surface area contributed by atoms with Gasteiger partial charge >= 0.3 is 0 Å². The van der Waals surface area contributed by atoms with Crippen molar-refractivity contribution in [3.63, 3.8) is 0 Å². The Labute approximate surface area is 76.3 Å². The van der Waals surface area contributed by atoms with E-state index in [0.717, 1.165) is 12.3 Å². The fourth-order valence-electron chi connectivity index (χ4n) is 2.43. The molecule has 0 bridgehead atoms. The van der Waals surface area contributed by atoms with E-state index < -0.39 is 0 Å². The van der Waals surface area contributed by atoms with Crippen molar-refractivity contribution >= 4 is 5.78 Å². The normalized spacial score (nSPS) is 26.5. The Morgan fingerprint density at radius 2 is 2.46 bits per heavy atom. The zero-order chi connectivity index (χ0) is 9.00. The highest BCUT2D eigenvalue weighted by Crippen LogP contribution is 2.41. The predicted octanol–water partition coefficient (Wildman–Crippen LogP) is 1.28. The van der Waals surface area contributed by atoms with E-state index >= 15 is 0 Å². The molecular formula is C10H11NO2. The fourth-order valence-corrected chi connectivity index (χ4v) is 2.43. The molecule has 0 saturated heterocycles. The third kappa shape index (κ3) is 0.851. The molecule has 3 heteroatoms. The number of hydrogen-bond donors (Lipinski definition) is 0. The molecule has 13 heavy (non-hydrogen) atoms. The van der Waals surface area contributed by atoms with Crippen LogP contribution in [0.4, 0.5) is 0 Å². The van der Waals surface area contributed by atoms with Gasteiger partial charge in [-0.2, -0.15) is 0 Å². The Balaban J connectivity index is 2.17. The van der Waals surface area contributed by atoms with E-state index in [1.54, 1.807) is 6.26 Å². The van der Waals surface area contributed by atoms with Crippen LogP contribution in [-0.2, 0) is 17.8 Å². The van der Waals surface area contributed by atoms with Gasteiger partial charge in [0.05, 0.1) is 12.7 Å². The van der Waals surface area contributed by atoms with Crippen molar-refractivity contribution < 1.29 is 9.21 Å². The number of rotatable bonds is 0. The fraction of sp³-hybridized carbons (Fsp3) is 0.500. The summed E-state index contributed by atoms with van der Waals surface area (Å²) in [5.41, 5.74) is 2.57. The molecule has 1 aliphatic carbocycles. The predicted molar refractivity (Wildman–Crippen MR) is 46.2 cm³/mol. The number of carbonyl (C=O) groups excluding carboxylic acids is 1. The molecule has 68 valence electrons. The maximum atomic E-state index is 11.4. The lowest BCUT2D eigenvalue weighted by Crippen LogP contribution is -2.24. The van der Waals surface area contributed by atoms with Crippen LogP contribution in [0, 0.1) is 0 Å². The van der Waals surface area contributed by atoms with Crippen molar-refractivity contribution in [2.75, 3.05) is 7.05 Å². The molecule has 1 atom stereocenters. The molecule has 3 rings (SSSR count). The number of furan rings is 1. The van der Waals surface area contributed by atoms with Gasteiger partial charge in [-0.3, -0.25) is 9.69 Å². The molecule has 1 aromatic rings. The summed E-state index contributed by atoms with van der Waals surface area (Å²) in [5.74, 6) is 1.20. The minimum absolute atomic E-state index is 0.296. The molecule has 0 fully saturated rings. The minimum atomic E-state index is 0.296. The summed E-state index contributed by atoms with van der Waals surface area (Å²) < 4.78 is 5.38.